The van der Waals surface area contributed by atoms with Gasteiger partial charge in [0.15, 0.2) is 17.2 Å². The Bertz CT molecular complexity index is 1140. The first-order valence-electron chi connectivity index (χ1n) is 9.20. The van der Waals surface area contributed by atoms with Crippen molar-refractivity contribution in [1.29, 1.82) is 0 Å². The van der Waals surface area contributed by atoms with Crippen molar-refractivity contribution in [2.45, 2.75) is 17.6 Å². The number of esters is 1. The number of alkyl halides is 2. The Balaban J connectivity index is 1.73. The molecular weight excluding hydrogens is 534 g/mol. The lowest BCUT2D eigenvalue weighted by Crippen LogP contribution is -2.23. The molecule has 2 aromatic rings. The molecule has 0 aliphatic carbocycles. The lowest BCUT2D eigenvalue weighted by atomic mass is 10.0. The smallest absolute Gasteiger partial charge is 0.462 e. The molecule has 1 unspecified atom stereocenters. The number of benzene rings is 2. The van der Waals surface area contributed by atoms with Crippen molar-refractivity contribution in [3.63, 3.8) is 0 Å². The van der Waals surface area contributed by atoms with Crippen molar-refractivity contribution < 1.29 is 33.1 Å². The summed E-state index contributed by atoms with van der Waals surface area (Å²) in [6, 6.07) is 12.0. The van der Waals surface area contributed by atoms with E-state index in [1.807, 2.05) is 0 Å². The van der Waals surface area contributed by atoms with Crippen molar-refractivity contribution >= 4 is 40.0 Å². The third kappa shape index (κ3) is 5.67. The molecule has 1 aliphatic rings. The molecule has 0 N–H and O–H groups in total. The lowest BCUT2D eigenvalue weighted by molar-refractivity contribution is -0.132. The second-order valence-electron chi connectivity index (χ2n) is 6.27. The van der Waals surface area contributed by atoms with Crippen molar-refractivity contribution in [2.24, 2.45) is 10.3 Å². The highest BCUT2D eigenvalue weighted by Gasteiger charge is 2.40. The minimum atomic E-state index is -2.26. The lowest BCUT2D eigenvalue weighted by Gasteiger charge is -2.09. The zero-order valence-corrected chi connectivity index (χ0v) is 19.5. The Morgan fingerprint density at radius 2 is 1.94 bits per heavy atom. The first-order chi connectivity index (χ1) is 15.3. The number of hydrogen-bond donors (Lipinski definition) is 0. The summed E-state index contributed by atoms with van der Waals surface area (Å²) < 4.78 is 26.6. The average molecular weight is 552 g/mol. The van der Waals surface area contributed by atoms with Gasteiger partial charge < -0.3 is 23.9 Å². The van der Waals surface area contributed by atoms with Crippen LogP contribution in [0.5, 0.6) is 11.5 Å². The molecule has 0 spiro atoms. The zero-order valence-electron chi connectivity index (χ0n) is 17.3. The van der Waals surface area contributed by atoms with E-state index >= 15 is 0 Å². The Kier molecular flexibility index (Phi) is 7.53. The van der Waals surface area contributed by atoms with E-state index in [0.29, 0.717) is 22.4 Å². The third-order valence-electron chi connectivity index (χ3n) is 4.06. The summed E-state index contributed by atoms with van der Waals surface area (Å²) >= 11 is 1.41. The highest BCUT2D eigenvalue weighted by Crippen LogP contribution is 2.44. The van der Waals surface area contributed by atoms with E-state index in [9.17, 15) is 9.18 Å². The van der Waals surface area contributed by atoms with E-state index in [4.69, 9.17) is 23.9 Å². The van der Waals surface area contributed by atoms with Crippen LogP contribution < -0.4 is 9.47 Å². The van der Waals surface area contributed by atoms with Crippen molar-refractivity contribution in [1.82, 2.24) is 0 Å². The number of nitrogens with zero attached hydrogens (tertiary/aromatic N) is 2. The number of methoxy groups -OCH3 is 1. The molecule has 0 saturated carbocycles. The van der Waals surface area contributed by atoms with Crippen LogP contribution in [0.15, 0.2) is 52.8 Å². The van der Waals surface area contributed by atoms with Crippen LogP contribution >= 0.6 is 22.6 Å². The van der Waals surface area contributed by atoms with Crippen LogP contribution in [-0.2, 0) is 25.8 Å². The Labute approximate surface area is 197 Å². The maximum Gasteiger partial charge on any atom is 0.462 e. The number of ether oxygens (including phenoxy) is 3. The average Bonchev–Trinajstić information content (AvgIpc) is 3.10. The van der Waals surface area contributed by atoms with Gasteiger partial charge in [0.2, 0.25) is 0 Å². The van der Waals surface area contributed by atoms with Crippen LogP contribution in [0.1, 0.15) is 23.6 Å². The Hall–Kier alpha value is -3.33. The first-order valence-corrected chi connectivity index (χ1v) is 10.3. The number of rotatable bonds is 6. The van der Waals surface area contributed by atoms with Gasteiger partial charge in [-0.25, -0.2) is 4.79 Å². The molecule has 1 heterocycles. The summed E-state index contributed by atoms with van der Waals surface area (Å²) in [7, 11) is 2.59. The third-order valence-corrected chi connectivity index (χ3v) is 4.50. The second kappa shape index (κ2) is 10.3. The van der Waals surface area contributed by atoms with Gasteiger partial charge in [-0.2, -0.15) is 0 Å². The molecule has 0 saturated heterocycles. The van der Waals surface area contributed by atoms with E-state index in [1.165, 1.54) is 36.8 Å². The fourth-order valence-electron chi connectivity index (χ4n) is 2.71. The van der Waals surface area contributed by atoms with Crippen molar-refractivity contribution in [3.8, 4) is 23.3 Å². The first kappa shape index (κ1) is 23.3. The van der Waals surface area contributed by atoms with Crippen LogP contribution in [0, 0.1) is 11.8 Å². The summed E-state index contributed by atoms with van der Waals surface area (Å²) in [5.74, 6) is 5.55. The Morgan fingerprint density at radius 1 is 1.16 bits per heavy atom. The minimum Gasteiger partial charge on any atom is -0.464 e. The van der Waals surface area contributed by atoms with Crippen LogP contribution in [0.25, 0.3) is 0 Å². The Morgan fingerprint density at radius 3 is 2.69 bits per heavy atom. The van der Waals surface area contributed by atoms with E-state index < -0.39 is 10.0 Å². The normalized spacial score (nSPS) is 17.3. The number of hydrogen-bond acceptors (Lipinski definition) is 8. The van der Waals surface area contributed by atoms with Gasteiger partial charge in [-0.3, -0.25) is 0 Å². The van der Waals surface area contributed by atoms with Crippen molar-refractivity contribution in [3.05, 3.63) is 59.2 Å². The molecule has 1 atom stereocenters. The fourth-order valence-corrected chi connectivity index (χ4v) is 3.17. The van der Waals surface area contributed by atoms with Gasteiger partial charge in [0.1, 0.15) is 19.4 Å². The molecule has 1 aliphatic heterocycles. The molecule has 3 rings (SSSR count). The molecule has 0 aromatic heterocycles. The summed E-state index contributed by atoms with van der Waals surface area (Å²) in [5, 5.41) is 7.73. The van der Waals surface area contributed by atoms with E-state index in [1.54, 1.807) is 49.4 Å². The number of fused-ring (bicyclic) bond motifs is 1. The quantitative estimate of drug-likeness (QED) is 0.135. The molecule has 10 heteroatoms. The van der Waals surface area contributed by atoms with Gasteiger partial charge in [-0.15, -0.1) is 4.39 Å². The van der Waals surface area contributed by atoms with Gasteiger partial charge in [-0.05, 0) is 25.0 Å². The number of para-hydroxylation sites is 1. The van der Waals surface area contributed by atoms with Gasteiger partial charge in [0.25, 0.3) is 0 Å². The van der Waals surface area contributed by atoms with Gasteiger partial charge >= 0.3 is 10.0 Å². The molecule has 166 valence electrons. The summed E-state index contributed by atoms with van der Waals surface area (Å²) in [6.45, 7) is 1.70. The SMILES string of the molecule is CO/N=C(/C(=O)OC)c1ccccc1CO/N=C(\C)C#Cc1cccc2c1OC(F)(I)O2. The molecule has 8 nitrogen and oxygen atoms in total. The number of oxime groups is 2. The number of carbonyl (C=O) groups is 1. The molecule has 0 fully saturated rings. The minimum absolute atomic E-state index is 0.00838. The van der Waals surface area contributed by atoms with Gasteiger partial charge in [0, 0.05) is 11.1 Å². The predicted octanol–water partition coefficient (Wildman–Crippen LogP) is 3.94. The van der Waals surface area contributed by atoms with E-state index in [-0.39, 0.29) is 23.8 Å². The molecule has 0 radical (unpaired) electrons. The van der Waals surface area contributed by atoms with Crippen LogP contribution in [0.2, 0.25) is 0 Å². The largest absolute Gasteiger partial charge is 0.464 e. The van der Waals surface area contributed by atoms with Crippen LogP contribution in [0.3, 0.4) is 0 Å². The number of carbonyl (C=O) groups excluding carboxylic acids is 1. The predicted molar refractivity (Wildman–Crippen MR) is 122 cm³/mol. The van der Waals surface area contributed by atoms with Crippen LogP contribution in [0.4, 0.5) is 4.39 Å². The summed E-state index contributed by atoms with van der Waals surface area (Å²) in [5.41, 5.74) is 1.97. The molecule has 2 aromatic carbocycles. The second-order valence-corrected chi connectivity index (χ2v) is 7.56. The fraction of sp³-hybridized carbons (Fsp3) is 0.227. The number of halogens is 2. The summed E-state index contributed by atoms with van der Waals surface area (Å²) in [4.78, 5) is 22.2. The monoisotopic (exact) mass is 552 g/mol. The van der Waals surface area contributed by atoms with E-state index in [0.717, 1.165) is 0 Å². The zero-order chi connectivity index (χ0) is 23.1. The maximum absolute atomic E-state index is 13.9. The van der Waals surface area contributed by atoms with Crippen LogP contribution in [-0.4, -0.2) is 35.7 Å². The molecular formula is C22H18FIN2O6. The molecule has 0 bridgehead atoms. The highest BCUT2D eigenvalue weighted by molar-refractivity contribution is 14.1. The van der Waals surface area contributed by atoms with Gasteiger partial charge in [0.05, 0.1) is 35.3 Å². The molecule has 32 heavy (non-hydrogen) atoms. The highest BCUT2D eigenvalue weighted by atomic mass is 127. The maximum atomic E-state index is 13.9. The van der Waals surface area contributed by atoms with E-state index in [2.05, 4.69) is 22.2 Å². The van der Waals surface area contributed by atoms with Gasteiger partial charge in [-0.1, -0.05) is 46.6 Å². The van der Waals surface area contributed by atoms with Crippen molar-refractivity contribution in [2.75, 3.05) is 14.2 Å². The topological polar surface area (TPSA) is 87.9 Å². The molecule has 0 amide bonds. The standard InChI is InChI=1S/C22H18FIN2O6/c1-14(11-12-15-8-6-10-18-20(15)32-22(23,24)31-18)25-30-13-16-7-4-5-9-17(16)19(26-29-3)21(27)28-2/h4-10H,13H2,1-3H3/b25-14+,26-19+. The summed E-state index contributed by atoms with van der Waals surface area (Å²) in [6.07, 6.45) is 0.